The highest BCUT2D eigenvalue weighted by molar-refractivity contribution is 5.58. The molecule has 0 unspecified atom stereocenters. The standard InChI is InChI=1S/C17H12N2O2/c18-10-11-9-14-12-5-1-3-7-15(12)17(11,19(20)21)16-8-4-2-6-13(14)16/h1-8,11,14H,9H2/t11-,14?,17?/m1/s1. The molecule has 2 bridgehead atoms. The largest absolute Gasteiger partial charge is 0.288 e. The van der Waals surface area contributed by atoms with Gasteiger partial charge in [-0.15, -0.1) is 0 Å². The average Bonchev–Trinajstić information content (AvgIpc) is 2.54. The second kappa shape index (κ2) is 3.92. The molecule has 1 atom stereocenters. The smallest absolute Gasteiger partial charge is 0.263 e. The lowest BCUT2D eigenvalue weighted by atomic mass is 9.55. The molecule has 0 heterocycles. The molecule has 0 radical (unpaired) electrons. The first-order valence-electron chi connectivity index (χ1n) is 6.94. The lowest BCUT2D eigenvalue weighted by molar-refractivity contribution is -0.577. The predicted molar refractivity (Wildman–Crippen MR) is 76.2 cm³/mol. The van der Waals surface area contributed by atoms with Crippen molar-refractivity contribution in [2.24, 2.45) is 5.92 Å². The first kappa shape index (κ1) is 12.1. The molecular weight excluding hydrogens is 264 g/mol. The van der Waals surface area contributed by atoms with Crippen LogP contribution in [0.15, 0.2) is 48.5 Å². The van der Waals surface area contributed by atoms with Gasteiger partial charge in [0.2, 0.25) is 0 Å². The SMILES string of the molecule is N#C[C@H]1CC2c3ccccc3C1([N+](=O)[O-])c1ccccc12. The Balaban J connectivity index is 2.17. The van der Waals surface area contributed by atoms with Crippen molar-refractivity contribution in [2.45, 2.75) is 17.9 Å². The van der Waals surface area contributed by atoms with Crippen molar-refractivity contribution in [3.63, 3.8) is 0 Å². The lowest BCUT2D eigenvalue weighted by Crippen LogP contribution is -2.51. The monoisotopic (exact) mass is 276 g/mol. The highest BCUT2D eigenvalue weighted by Gasteiger charge is 2.63. The Hall–Kier alpha value is -2.67. The average molecular weight is 276 g/mol. The molecule has 0 N–H and O–H groups in total. The van der Waals surface area contributed by atoms with Crippen LogP contribution in [0.3, 0.4) is 0 Å². The quantitative estimate of drug-likeness (QED) is 0.593. The van der Waals surface area contributed by atoms with Crippen LogP contribution in [0.1, 0.15) is 34.6 Å². The number of hydrogen-bond acceptors (Lipinski definition) is 3. The van der Waals surface area contributed by atoms with Crippen molar-refractivity contribution in [2.75, 3.05) is 0 Å². The highest BCUT2D eigenvalue weighted by atomic mass is 16.6. The molecule has 0 amide bonds. The van der Waals surface area contributed by atoms with Gasteiger partial charge in [0.05, 0.1) is 6.07 Å². The molecule has 2 aromatic carbocycles. The zero-order chi connectivity index (χ0) is 14.6. The Morgan fingerprint density at radius 3 is 2.10 bits per heavy atom. The second-order valence-corrected chi connectivity index (χ2v) is 5.67. The Morgan fingerprint density at radius 2 is 1.62 bits per heavy atom. The summed E-state index contributed by atoms with van der Waals surface area (Å²) < 4.78 is 0. The predicted octanol–water partition coefficient (Wildman–Crippen LogP) is 3.20. The van der Waals surface area contributed by atoms with E-state index in [1.807, 2.05) is 48.5 Å². The van der Waals surface area contributed by atoms with E-state index in [9.17, 15) is 15.4 Å². The van der Waals surface area contributed by atoms with Crippen LogP contribution in [0, 0.1) is 27.4 Å². The van der Waals surface area contributed by atoms with Gasteiger partial charge in [0, 0.05) is 22.0 Å². The van der Waals surface area contributed by atoms with Crippen molar-refractivity contribution < 1.29 is 4.92 Å². The number of nitriles is 1. The molecule has 2 aromatic rings. The van der Waals surface area contributed by atoms with E-state index in [0.29, 0.717) is 17.5 Å². The van der Waals surface area contributed by atoms with Crippen molar-refractivity contribution in [1.82, 2.24) is 0 Å². The minimum atomic E-state index is -1.42. The molecule has 21 heavy (non-hydrogen) atoms. The Morgan fingerprint density at radius 1 is 1.10 bits per heavy atom. The summed E-state index contributed by atoms with van der Waals surface area (Å²) in [5, 5.41) is 21.6. The van der Waals surface area contributed by atoms with Crippen molar-refractivity contribution in [1.29, 1.82) is 5.26 Å². The molecule has 0 aliphatic heterocycles. The van der Waals surface area contributed by atoms with Crippen LogP contribution in [-0.4, -0.2) is 4.92 Å². The summed E-state index contributed by atoms with van der Waals surface area (Å²) in [4.78, 5) is 11.8. The van der Waals surface area contributed by atoms with Gasteiger partial charge in [-0.1, -0.05) is 48.5 Å². The summed E-state index contributed by atoms with van der Waals surface area (Å²) in [6.45, 7) is 0. The summed E-state index contributed by atoms with van der Waals surface area (Å²) in [6, 6.07) is 17.2. The summed E-state index contributed by atoms with van der Waals surface area (Å²) in [5.74, 6) is -0.536. The van der Waals surface area contributed by atoms with Gasteiger partial charge in [-0.05, 0) is 17.5 Å². The Bertz CT molecular complexity index is 759. The van der Waals surface area contributed by atoms with E-state index >= 15 is 0 Å². The van der Waals surface area contributed by atoms with E-state index in [-0.39, 0.29) is 10.8 Å². The third kappa shape index (κ3) is 1.24. The maximum Gasteiger partial charge on any atom is 0.288 e. The van der Waals surface area contributed by atoms with Gasteiger partial charge in [-0.3, -0.25) is 10.1 Å². The summed E-state index contributed by atoms with van der Waals surface area (Å²) in [5.41, 5.74) is 1.96. The van der Waals surface area contributed by atoms with Gasteiger partial charge in [0.1, 0.15) is 5.92 Å². The number of rotatable bonds is 1. The molecule has 3 aliphatic carbocycles. The summed E-state index contributed by atoms with van der Waals surface area (Å²) in [7, 11) is 0. The molecule has 4 nitrogen and oxygen atoms in total. The third-order valence-corrected chi connectivity index (χ3v) is 4.91. The van der Waals surface area contributed by atoms with Gasteiger partial charge in [-0.2, -0.15) is 5.26 Å². The van der Waals surface area contributed by atoms with Gasteiger partial charge < -0.3 is 0 Å². The minimum absolute atomic E-state index is 0.0869. The summed E-state index contributed by atoms with van der Waals surface area (Å²) >= 11 is 0. The second-order valence-electron chi connectivity index (χ2n) is 5.67. The van der Waals surface area contributed by atoms with Gasteiger partial charge >= 0.3 is 0 Å². The Kier molecular flexibility index (Phi) is 2.26. The van der Waals surface area contributed by atoms with Crippen molar-refractivity contribution >= 4 is 0 Å². The number of hydrogen-bond donors (Lipinski definition) is 0. The lowest BCUT2D eigenvalue weighted by Gasteiger charge is -2.45. The molecule has 0 saturated carbocycles. The molecule has 5 rings (SSSR count). The van der Waals surface area contributed by atoms with E-state index in [2.05, 4.69) is 6.07 Å². The molecular formula is C17H12N2O2. The fourth-order valence-corrected chi connectivity index (χ4v) is 4.11. The fourth-order valence-electron chi connectivity index (χ4n) is 4.11. The maximum atomic E-state index is 12.1. The van der Waals surface area contributed by atoms with Crippen LogP contribution >= 0.6 is 0 Å². The van der Waals surface area contributed by atoms with Crippen LogP contribution in [0.4, 0.5) is 0 Å². The molecule has 0 saturated heterocycles. The first-order valence-corrected chi connectivity index (χ1v) is 6.94. The molecule has 0 spiro atoms. The fraction of sp³-hybridized carbons (Fsp3) is 0.235. The van der Waals surface area contributed by atoms with E-state index in [1.165, 1.54) is 0 Å². The van der Waals surface area contributed by atoms with E-state index in [4.69, 9.17) is 0 Å². The number of nitro groups is 1. The summed E-state index contributed by atoms with van der Waals surface area (Å²) in [6.07, 6.45) is 0.519. The molecule has 102 valence electrons. The van der Waals surface area contributed by atoms with E-state index in [0.717, 1.165) is 11.1 Å². The first-order chi connectivity index (χ1) is 10.2. The number of fused-ring (bicyclic) bond motifs is 1. The topological polar surface area (TPSA) is 66.9 Å². The van der Waals surface area contributed by atoms with Crippen LogP contribution in [-0.2, 0) is 5.54 Å². The number of benzene rings is 2. The van der Waals surface area contributed by atoms with Crippen molar-refractivity contribution in [3.8, 4) is 6.07 Å². The van der Waals surface area contributed by atoms with Gasteiger partial charge in [0.25, 0.3) is 5.54 Å². The van der Waals surface area contributed by atoms with Crippen LogP contribution < -0.4 is 0 Å². The normalized spacial score (nSPS) is 28.3. The van der Waals surface area contributed by atoms with E-state index < -0.39 is 11.5 Å². The van der Waals surface area contributed by atoms with Gasteiger partial charge in [-0.25, -0.2) is 0 Å². The van der Waals surface area contributed by atoms with Crippen molar-refractivity contribution in [3.05, 3.63) is 80.9 Å². The van der Waals surface area contributed by atoms with Gasteiger partial charge in [0.15, 0.2) is 0 Å². The van der Waals surface area contributed by atoms with Crippen LogP contribution in [0.2, 0.25) is 0 Å². The molecule has 4 heteroatoms. The zero-order valence-corrected chi connectivity index (χ0v) is 11.2. The maximum absolute atomic E-state index is 12.1. The molecule has 0 fully saturated rings. The third-order valence-electron chi connectivity index (χ3n) is 4.91. The Labute approximate surface area is 121 Å². The zero-order valence-electron chi connectivity index (χ0n) is 11.2. The number of nitrogens with zero attached hydrogens (tertiary/aromatic N) is 2. The van der Waals surface area contributed by atoms with Crippen LogP contribution in [0.25, 0.3) is 0 Å². The highest BCUT2D eigenvalue weighted by Crippen LogP contribution is 2.58. The molecule has 0 aromatic heterocycles. The minimum Gasteiger partial charge on any atom is -0.263 e. The molecule has 3 aliphatic rings. The van der Waals surface area contributed by atoms with Crippen LogP contribution in [0.5, 0.6) is 0 Å². The van der Waals surface area contributed by atoms with E-state index in [1.54, 1.807) is 0 Å².